The third-order valence-electron chi connectivity index (χ3n) is 2.17. The molecule has 3 unspecified atom stereocenters. The van der Waals surface area contributed by atoms with Gasteiger partial charge in [-0.3, -0.25) is 4.21 Å². The third kappa shape index (κ3) is 2.54. The maximum atomic E-state index is 11.4. The summed E-state index contributed by atoms with van der Waals surface area (Å²) in [7, 11) is -0.727. The van der Waals surface area contributed by atoms with Crippen LogP contribution in [0.2, 0.25) is 0 Å². The van der Waals surface area contributed by atoms with E-state index in [1.54, 1.807) is 0 Å². The SMILES string of the molecule is O=S(CC1CCCO1)CC1CO1. The van der Waals surface area contributed by atoms with Gasteiger partial charge in [0.05, 0.1) is 24.6 Å². The highest BCUT2D eigenvalue weighted by atomic mass is 32.2. The van der Waals surface area contributed by atoms with Crippen LogP contribution in [0.25, 0.3) is 0 Å². The molecule has 2 rings (SSSR count). The Labute approximate surface area is 74.9 Å². The summed E-state index contributed by atoms with van der Waals surface area (Å²) in [6.45, 7) is 1.65. The minimum atomic E-state index is -0.727. The molecule has 3 atom stereocenters. The lowest BCUT2D eigenvalue weighted by Crippen LogP contribution is -2.19. The van der Waals surface area contributed by atoms with E-state index in [2.05, 4.69) is 0 Å². The van der Waals surface area contributed by atoms with Crippen LogP contribution in [-0.2, 0) is 20.3 Å². The highest BCUT2D eigenvalue weighted by Gasteiger charge is 2.27. The quantitative estimate of drug-likeness (QED) is 0.599. The molecule has 0 saturated carbocycles. The van der Waals surface area contributed by atoms with Crippen molar-refractivity contribution >= 4 is 10.8 Å². The first kappa shape index (κ1) is 8.66. The average molecular weight is 190 g/mol. The van der Waals surface area contributed by atoms with Crippen molar-refractivity contribution in [1.29, 1.82) is 0 Å². The molecule has 70 valence electrons. The molecular weight excluding hydrogens is 176 g/mol. The van der Waals surface area contributed by atoms with Gasteiger partial charge in [-0.1, -0.05) is 0 Å². The summed E-state index contributed by atoms with van der Waals surface area (Å²) in [6, 6.07) is 0. The smallest absolute Gasteiger partial charge is 0.0924 e. The Balaban J connectivity index is 1.66. The number of epoxide rings is 1. The molecular formula is C8H14O3S. The topological polar surface area (TPSA) is 38.8 Å². The Morgan fingerprint density at radius 3 is 2.58 bits per heavy atom. The van der Waals surface area contributed by atoms with Crippen LogP contribution in [-0.4, -0.2) is 41.1 Å². The Kier molecular flexibility index (Phi) is 2.78. The molecule has 0 spiro atoms. The summed E-state index contributed by atoms with van der Waals surface area (Å²) in [5, 5.41) is 0. The van der Waals surface area contributed by atoms with Gasteiger partial charge in [0.2, 0.25) is 0 Å². The molecule has 2 fully saturated rings. The van der Waals surface area contributed by atoms with E-state index in [-0.39, 0.29) is 12.2 Å². The molecule has 12 heavy (non-hydrogen) atoms. The summed E-state index contributed by atoms with van der Waals surface area (Å²) in [5.41, 5.74) is 0. The zero-order chi connectivity index (χ0) is 8.39. The fraction of sp³-hybridized carbons (Fsp3) is 1.00. The van der Waals surface area contributed by atoms with Gasteiger partial charge < -0.3 is 9.47 Å². The Bertz CT molecular complexity index is 173. The van der Waals surface area contributed by atoms with E-state index in [0.717, 1.165) is 26.1 Å². The van der Waals surface area contributed by atoms with Gasteiger partial charge in [0.15, 0.2) is 0 Å². The molecule has 2 saturated heterocycles. The lowest BCUT2D eigenvalue weighted by molar-refractivity contribution is 0.128. The zero-order valence-electron chi connectivity index (χ0n) is 7.03. The molecule has 0 aromatic heterocycles. The minimum Gasteiger partial charge on any atom is -0.377 e. The molecule has 0 aromatic rings. The monoisotopic (exact) mass is 190 g/mol. The van der Waals surface area contributed by atoms with E-state index in [1.165, 1.54) is 0 Å². The first-order valence-electron chi connectivity index (χ1n) is 4.43. The number of ether oxygens (including phenoxy) is 2. The molecule has 0 bridgehead atoms. The maximum Gasteiger partial charge on any atom is 0.0924 e. The zero-order valence-corrected chi connectivity index (χ0v) is 7.85. The van der Waals surface area contributed by atoms with Gasteiger partial charge in [-0.05, 0) is 12.8 Å². The summed E-state index contributed by atoms with van der Waals surface area (Å²) >= 11 is 0. The highest BCUT2D eigenvalue weighted by Crippen LogP contribution is 2.15. The lowest BCUT2D eigenvalue weighted by Gasteiger charge is -2.07. The maximum absolute atomic E-state index is 11.4. The second kappa shape index (κ2) is 3.85. The van der Waals surface area contributed by atoms with Gasteiger partial charge in [-0.15, -0.1) is 0 Å². The van der Waals surface area contributed by atoms with Crippen molar-refractivity contribution in [3.63, 3.8) is 0 Å². The van der Waals surface area contributed by atoms with Crippen molar-refractivity contribution in [1.82, 2.24) is 0 Å². The average Bonchev–Trinajstić information content (AvgIpc) is 2.66. The minimum absolute atomic E-state index is 0.254. The van der Waals surface area contributed by atoms with E-state index in [4.69, 9.17) is 9.47 Å². The Hall–Kier alpha value is 0.0700. The second-order valence-electron chi connectivity index (χ2n) is 3.36. The van der Waals surface area contributed by atoms with Crippen LogP contribution in [0.1, 0.15) is 12.8 Å². The van der Waals surface area contributed by atoms with E-state index in [0.29, 0.717) is 11.5 Å². The molecule has 2 aliphatic rings. The largest absolute Gasteiger partial charge is 0.377 e. The number of hydrogen-bond donors (Lipinski definition) is 0. The Morgan fingerprint density at radius 1 is 1.25 bits per heavy atom. The summed E-state index contributed by atoms with van der Waals surface area (Å²) < 4.78 is 21.8. The van der Waals surface area contributed by atoms with E-state index < -0.39 is 10.8 Å². The second-order valence-corrected chi connectivity index (χ2v) is 4.91. The van der Waals surface area contributed by atoms with Crippen LogP contribution in [0.5, 0.6) is 0 Å². The molecule has 3 nitrogen and oxygen atoms in total. The summed E-state index contributed by atoms with van der Waals surface area (Å²) in [5.74, 6) is 1.42. The van der Waals surface area contributed by atoms with Crippen molar-refractivity contribution in [2.75, 3.05) is 24.7 Å². The molecule has 0 amide bonds. The van der Waals surface area contributed by atoms with Gasteiger partial charge in [0.25, 0.3) is 0 Å². The van der Waals surface area contributed by atoms with Gasteiger partial charge in [0, 0.05) is 23.2 Å². The molecule has 2 aliphatic heterocycles. The van der Waals surface area contributed by atoms with Crippen LogP contribution in [0, 0.1) is 0 Å². The van der Waals surface area contributed by atoms with Crippen molar-refractivity contribution < 1.29 is 13.7 Å². The Morgan fingerprint density at radius 2 is 2.00 bits per heavy atom. The number of hydrogen-bond acceptors (Lipinski definition) is 3. The third-order valence-corrected chi connectivity index (χ3v) is 3.66. The lowest BCUT2D eigenvalue weighted by atomic mass is 10.3. The first-order valence-corrected chi connectivity index (χ1v) is 5.91. The van der Waals surface area contributed by atoms with Crippen molar-refractivity contribution in [2.45, 2.75) is 25.0 Å². The van der Waals surface area contributed by atoms with Crippen molar-refractivity contribution in [3.8, 4) is 0 Å². The van der Waals surface area contributed by atoms with Gasteiger partial charge >= 0.3 is 0 Å². The summed E-state index contributed by atoms with van der Waals surface area (Å²) in [4.78, 5) is 0. The van der Waals surface area contributed by atoms with Crippen LogP contribution in [0.4, 0.5) is 0 Å². The fourth-order valence-electron chi connectivity index (χ4n) is 1.42. The normalized spacial score (nSPS) is 36.7. The van der Waals surface area contributed by atoms with Gasteiger partial charge in [0.1, 0.15) is 0 Å². The van der Waals surface area contributed by atoms with E-state index in [1.807, 2.05) is 0 Å². The molecule has 0 aliphatic carbocycles. The van der Waals surface area contributed by atoms with Crippen LogP contribution in [0.15, 0.2) is 0 Å². The predicted octanol–water partition coefficient (Wildman–Crippen LogP) is 0.313. The van der Waals surface area contributed by atoms with Crippen LogP contribution < -0.4 is 0 Å². The fourth-order valence-corrected chi connectivity index (χ4v) is 2.84. The standard InChI is InChI=1S/C8H14O3S/c9-12(6-8-4-11-8)5-7-2-1-3-10-7/h7-8H,1-6H2. The molecule has 0 aromatic carbocycles. The van der Waals surface area contributed by atoms with E-state index >= 15 is 0 Å². The van der Waals surface area contributed by atoms with Crippen molar-refractivity contribution in [2.24, 2.45) is 0 Å². The number of rotatable bonds is 4. The van der Waals surface area contributed by atoms with Crippen molar-refractivity contribution in [3.05, 3.63) is 0 Å². The summed E-state index contributed by atoms with van der Waals surface area (Å²) in [6.07, 6.45) is 2.75. The van der Waals surface area contributed by atoms with Crippen LogP contribution in [0.3, 0.4) is 0 Å². The first-order chi connectivity index (χ1) is 5.84. The van der Waals surface area contributed by atoms with Crippen LogP contribution >= 0.6 is 0 Å². The van der Waals surface area contributed by atoms with Gasteiger partial charge in [-0.25, -0.2) is 0 Å². The molecule has 0 N–H and O–H groups in total. The molecule has 4 heteroatoms. The molecule has 0 radical (unpaired) electrons. The van der Waals surface area contributed by atoms with E-state index in [9.17, 15) is 4.21 Å². The highest BCUT2D eigenvalue weighted by molar-refractivity contribution is 7.85. The predicted molar refractivity (Wildman–Crippen MR) is 46.6 cm³/mol. The van der Waals surface area contributed by atoms with Gasteiger partial charge in [-0.2, -0.15) is 0 Å². The molecule has 2 heterocycles.